The first-order valence-corrected chi connectivity index (χ1v) is 11.2. The molecule has 0 spiro atoms. The van der Waals surface area contributed by atoms with Gasteiger partial charge in [-0.2, -0.15) is 5.10 Å². The summed E-state index contributed by atoms with van der Waals surface area (Å²) in [6.07, 6.45) is 4.30. The number of carbonyl (C=O) groups excluding carboxylic acids is 1. The molecule has 1 amide bonds. The summed E-state index contributed by atoms with van der Waals surface area (Å²) in [4.78, 5) is 19.7. The minimum Gasteiger partial charge on any atom is -0.375 e. The molecule has 0 saturated carbocycles. The molecule has 2 aliphatic rings. The summed E-state index contributed by atoms with van der Waals surface area (Å²) in [5, 5.41) is 7.36. The predicted octanol–water partition coefficient (Wildman–Crippen LogP) is 3.19. The number of aromatic nitrogens is 3. The summed E-state index contributed by atoms with van der Waals surface area (Å²) >= 11 is 0. The van der Waals surface area contributed by atoms with E-state index in [-0.39, 0.29) is 12.0 Å². The highest BCUT2D eigenvalue weighted by molar-refractivity contribution is 5.94. The van der Waals surface area contributed by atoms with E-state index in [9.17, 15) is 13.6 Å². The Hall–Kier alpha value is -3.33. The molecule has 0 radical (unpaired) electrons. The van der Waals surface area contributed by atoms with Crippen molar-refractivity contribution in [2.24, 2.45) is 0 Å². The van der Waals surface area contributed by atoms with E-state index in [2.05, 4.69) is 20.3 Å². The van der Waals surface area contributed by atoms with Gasteiger partial charge in [0.2, 0.25) is 0 Å². The van der Waals surface area contributed by atoms with Gasteiger partial charge >= 0.3 is 0 Å². The van der Waals surface area contributed by atoms with E-state index in [0.717, 1.165) is 67.1 Å². The van der Waals surface area contributed by atoms with Crippen LogP contribution in [-0.4, -0.2) is 46.5 Å². The van der Waals surface area contributed by atoms with E-state index in [1.54, 1.807) is 10.9 Å². The zero-order chi connectivity index (χ0) is 22.9. The summed E-state index contributed by atoms with van der Waals surface area (Å²) in [7, 11) is 0. The lowest BCUT2D eigenvalue weighted by Crippen LogP contribution is -2.41. The molecule has 7 nitrogen and oxygen atoms in total. The molecule has 33 heavy (non-hydrogen) atoms. The lowest BCUT2D eigenvalue weighted by atomic mass is 10.2. The molecule has 5 rings (SSSR count). The number of amides is 1. The van der Waals surface area contributed by atoms with Gasteiger partial charge in [-0.1, -0.05) is 6.07 Å². The van der Waals surface area contributed by atoms with Crippen LogP contribution in [0.15, 0.2) is 36.5 Å². The number of morpholine rings is 1. The Morgan fingerprint density at radius 2 is 2.09 bits per heavy atom. The standard InChI is InChI=1S/C24H25F2N5O2/c1-15-14-30(9-10-33-15)22-8-5-16(12-27-22)13-28-24(32)23-18-3-2-4-21(18)31(29-23)17-6-7-19(25)20(26)11-17/h5-8,11-12,15H,2-4,9-10,13-14H2,1H3,(H,28,32). The van der Waals surface area contributed by atoms with Crippen LogP contribution >= 0.6 is 0 Å². The topological polar surface area (TPSA) is 72.3 Å². The largest absolute Gasteiger partial charge is 0.375 e. The Labute approximate surface area is 190 Å². The molecule has 3 aromatic rings. The van der Waals surface area contributed by atoms with Crippen molar-refractivity contribution in [3.05, 3.63) is 70.7 Å². The Kier molecular flexibility index (Phi) is 5.80. The minimum atomic E-state index is -0.941. The van der Waals surface area contributed by atoms with Crippen molar-refractivity contribution >= 4 is 11.7 Å². The zero-order valence-electron chi connectivity index (χ0n) is 18.4. The van der Waals surface area contributed by atoms with Gasteiger partial charge in [-0.05, 0) is 49.9 Å². The minimum absolute atomic E-state index is 0.174. The Morgan fingerprint density at radius 1 is 1.21 bits per heavy atom. The number of nitrogens with zero attached hydrogens (tertiary/aromatic N) is 4. The van der Waals surface area contributed by atoms with Crippen LogP contribution in [0, 0.1) is 11.6 Å². The Morgan fingerprint density at radius 3 is 2.85 bits per heavy atom. The van der Waals surface area contributed by atoms with Gasteiger partial charge < -0.3 is 15.0 Å². The maximum Gasteiger partial charge on any atom is 0.272 e. The van der Waals surface area contributed by atoms with E-state index in [4.69, 9.17) is 4.74 Å². The van der Waals surface area contributed by atoms with Crippen molar-refractivity contribution in [3.8, 4) is 5.69 Å². The highest BCUT2D eigenvalue weighted by atomic mass is 19.2. The number of fused-ring (bicyclic) bond motifs is 1. The molecular weight excluding hydrogens is 428 g/mol. The zero-order valence-corrected chi connectivity index (χ0v) is 18.4. The summed E-state index contributed by atoms with van der Waals surface area (Å²) in [5.74, 6) is -1.25. The fraction of sp³-hybridized carbons (Fsp3) is 0.375. The summed E-state index contributed by atoms with van der Waals surface area (Å²) in [5.41, 5.74) is 3.36. The molecule has 172 valence electrons. The third-order valence-corrected chi connectivity index (χ3v) is 6.12. The second kappa shape index (κ2) is 8.90. The average molecular weight is 453 g/mol. The number of anilines is 1. The third-order valence-electron chi connectivity index (χ3n) is 6.12. The molecule has 1 saturated heterocycles. The molecule has 1 atom stereocenters. The van der Waals surface area contributed by atoms with Gasteiger partial charge in [-0.3, -0.25) is 4.79 Å². The van der Waals surface area contributed by atoms with E-state index >= 15 is 0 Å². The van der Waals surface area contributed by atoms with E-state index in [0.29, 0.717) is 24.5 Å². The monoisotopic (exact) mass is 453 g/mol. The van der Waals surface area contributed by atoms with Gasteiger partial charge in [0.25, 0.3) is 5.91 Å². The van der Waals surface area contributed by atoms with Crippen LogP contribution in [0.1, 0.15) is 40.7 Å². The first-order chi connectivity index (χ1) is 16.0. The Bertz CT molecular complexity index is 1180. The normalized spacial score (nSPS) is 17.8. The maximum atomic E-state index is 13.7. The molecular formula is C24H25F2N5O2. The number of nitrogens with one attached hydrogen (secondary N) is 1. The van der Waals surface area contributed by atoms with E-state index in [1.807, 2.05) is 19.1 Å². The van der Waals surface area contributed by atoms with Crippen molar-refractivity contribution in [3.63, 3.8) is 0 Å². The van der Waals surface area contributed by atoms with E-state index in [1.165, 1.54) is 6.07 Å². The lowest BCUT2D eigenvalue weighted by molar-refractivity contribution is 0.0529. The van der Waals surface area contributed by atoms with Crippen molar-refractivity contribution in [1.29, 1.82) is 0 Å². The number of ether oxygens (including phenoxy) is 1. The molecule has 0 bridgehead atoms. The molecule has 1 fully saturated rings. The van der Waals surface area contributed by atoms with Crippen LogP contribution < -0.4 is 10.2 Å². The van der Waals surface area contributed by atoms with Crippen LogP contribution in [-0.2, 0) is 24.1 Å². The lowest BCUT2D eigenvalue weighted by Gasteiger charge is -2.32. The van der Waals surface area contributed by atoms with Gasteiger partial charge in [0, 0.05) is 43.2 Å². The van der Waals surface area contributed by atoms with Crippen molar-refractivity contribution in [2.45, 2.75) is 38.8 Å². The smallest absolute Gasteiger partial charge is 0.272 e. The SMILES string of the molecule is CC1CN(c2ccc(CNC(=O)c3nn(-c4ccc(F)c(F)c4)c4c3CCC4)cn2)CCO1. The number of benzene rings is 1. The van der Waals surface area contributed by atoms with Crippen LogP contribution in [0.3, 0.4) is 0 Å². The molecule has 3 heterocycles. The highest BCUT2D eigenvalue weighted by Crippen LogP contribution is 2.28. The molecule has 1 aliphatic carbocycles. The Balaban J connectivity index is 1.29. The second-order valence-electron chi connectivity index (χ2n) is 8.47. The van der Waals surface area contributed by atoms with Crippen molar-refractivity contribution < 1.29 is 18.3 Å². The molecule has 1 aromatic carbocycles. The van der Waals surface area contributed by atoms with Gasteiger partial charge in [-0.15, -0.1) is 0 Å². The van der Waals surface area contributed by atoms with Crippen LogP contribution in [0.25, 0.3) is 5.69 Å². The number of carbonyl (C=O) groups is 1. The quantitative estimate of drug-likeness (QED) is 0.643. The van der Waals surface area contributed by atoms with Crippen LogP contribution in [0.4, 0.5) is 14.6 Å². The second-order valence-corrected chi connectivity index (χ2v) is 8.47. The number of hydrogen-bond donors (Lipinski definition) is 1. The highest BCUT2D eigenvalue weighted by Gasteiger charge is 2.27. The summed E-state index contributed by atoms with van der Waals surface area (Å²) < 4.78 is 34.2. The predicted molar refractivity (Wildman–Crippen MR) is 119 cm³/mol. The molecule has 2 aromatic heterocycles. The fourth-order valence-corrected chi connectivity index (χ4v) is 4.45. The van der Waals surface area contributed by atoms with Crippen LogP contribution in [0.5, 0.6) is 0 Å². The van der Waals surface area contributed by atoms with E-state index < -0.39 is 11.6 Å². The molecule has 1 N–H and O–H groups in total. The number of hydrogen-bond acceptors (Lipinski definition) is 5. The number of rotatable bonds is 5. The fourth-order valence-electron chi connectivity index (χ4n) is 4.45. The van der Waals surface area contributed by atoms with Crippen molar-refractivity contribution in [1.82, 2.24) is 20.1 Å². The van der Waals surface area contributed by atoms with Crippen LogP contribution in [0.2, 0.25) is 0 Å². The molecule has 1 unspecified atom stereocenters. The van der Waals surface area contributed by atoms with Crippen molar-refractivity contribution in [2.75, 3.05) is 24.6 Å². The number of halogens is 2. The first kappa shape index (κ1) is 21.5. The first-order valence-electron chi connectivity index (χ1n) is 11.2. The maximum absolute atomic E-state index is 13.7. The summed E-state index contributed by atoms with van der Waals surface area (Å²) in [6, 6.07) is 7.54. The molecule has 1 aliphatic heterocycles. The van der Waals surface area contributed by atoms with Gasteiger partial charge in [0.1, 0.15) is 5.82 Å². The summed E-state index contributed by atoms with van der Waals surface area (Å²) in [6.45, 7) is 4.65. The van der Waals surface area contributed by atoms with Gasteiger partial charge in [0.05, 0.1) is 18.4 Å². The average Bonchev–Trinajstić information content (AvgIpc) is 3.43. The van der Waals surface area contributed by atoms with Gasteiger partial charge in [0.15, 0.2) is 17.3 Å². The molecule has 9 heteroatoms. The third kappa shape index (κ3) is 4.32. The number of pyridine rings is 1. The van der Waals surface area contributed by atoms with Gasteiger partial charge in [-0.25, -0.2) is 18.4 Å².